The van der Waals surface area contributed by atoms with Gasteiger partial charge in [0.2, 0.25) is 0 Å². The number of amides is 2. The monoisotopic (exact) mass is 326 g/mol. The lowest BCUT2D eigenvalue weighted by Crippen LogP contribution is -2.30. The Hall–Kier alpha value is -2.82. The van der Waals surface area contributed by atoms with Gasteiger partial charge >= 0.3 is 0 Å². The Morgan fingerprint density at radius 3 is 2.50 bits per heavy atom. The Morgan fingerprint density at radius 1 is 1.12 bits per heavy atom. The second-order valence-corrected chi connectivity index (χ2v) is 5.50. The summed E-state index contributed by atoms with van der Waals surface area (Å²) in [7, 11) is 0. The fraction of sp³-hybridized carbons (Fsp3) is 0.263. The molecule has 0 bridgehead atoms. The van der Waals surface area contributed by atoms with Crippen molar-refractivity contribution in [1.82, 2.24) is 5.32 Å². The molecule has 0 aromatic heterocycles. The van der Waals surface area contributed by atoms with Crippen LogP contribution in [-0.4, -0.2) is 24.5 Å². The summed E-state index contributed by atoms with van der Waals surface area (Å²) < 4.78 is 5.63. The first-order chi connectivity index (χ1) is 11.5. The molecule has 5 heteroatoms. The minimum absolute atomic E-state index is 0.169. The highest BCUT2D eigenvalue weighted by atomic mass is 16.5. The maximum absolute atomic E-state index is 12.3. The molecular formula is C19H22N2O3. The highest BCUT2D eigenvalue weighted by Crippen LogP contribution is 2.15. The minimum Gasteiger partial charge on any atom is -0.481 e. The van der Waals surface area contributed by atoms with Gasteiger partial charge in [0.05, 0.1) is 0 Å². The fourth-order valence-electron chi connectivity index (χ4n) is 2.12. The third-order valence-electron chi connectivity index (χ3n) is 3.43. The van der Waals surface area contributed by atoms with Gasteiger partial charge in [0.1, 0.15) is 5.75 Å². The second kappa shape index (κ2) is 8.15. The first-order valence-electron chi connectivity index (χ1n) is 7.92. The van der Waals surface area contributed by atoms with Gasteiger partial charge in [-0.3, -0.25) is 9.59 Å². The fourth-order valence-corrected chi connectivity index (χ4v) is 2.12. The molecule has 1 atom stereocenters. The van der Waals surface area contributed by atoms with Crippen LogP contribution in [0.2, 0.25) is 0 Å². The van der Waals surface area contributed by atoms with Crippen LogP contribution in [0.25, 0.3) is 0 Å². The molecule has 2 rings (SSSR count). The van der Waals surface area contributed by atoms with Gasteiger partial charge in [-0.25, -0.2) is 0 Å². The van der Waals surface area contributed by atoms with Gasteiger partial charge in [-0.1, -0.05) is 23.8 Å². The molecule has 0 aliphatic rings. The molecule has 2 amide bonds. The van der Waals surface area contributed by atoms with E-state index in [2.05, 4.69) is 10.6 Å². The summed E-state index contributed by atoms with van der Waals surface area (Å²) in [4.78, 5) is 24.1. The van der Waals surface area contributed by atoms with E-state index in [1.54, 1.807) is 31.2 Å². The van der Waals surface area contributed by atoms with Crippen molar-refractivity contribution in [3.63, 3.8) is 0 Å². The van der Waals surface area contributed by atoms with Gasteiger partial charge in [0, 0.05) is 17.8 Å². The summed E-state index contributed by atoms with van der Waals surface area (Å²) in [6, 6.07) is 14.3. The van der Waals surface area contributed by atoms with Crippen molar-refractivity contribution >= 4 is 17.5 Å². The first kappa shape index (κ1) is 17.5. The number of rotatable bonds is 6. The smallest absolute Gasteiger partial charge is 0.265 e. The Kier molecular flexibility index (Phi) is 5.95. The lowest BCUT2D eigenvalue weighted by atomic mass is 10.2. The van der Waals surface area contributed by atoms with Crippen LogP contribution in [0.1, 0.15) is 29.8 Å². The number of ether oxygens (including phenoxy) is 1. The van der Waals surface area contributed by atoms with Crippen LogP contribution in [0.3, 0.4) is 0 Å². The lowest BCUT2D eigenvalue weighted by Gasteiger charge is -2.15. The molecule has 0 saturated heterocycles. The highest BCUT2D eigenvalue weighted by Gasteiger charge is 2.15. The van der Waals surface area contributed by atoms with Crippen molar-refractivity contribution in [3.8, 4) is 5.75 Å². The van der Waals surface area contributed by atoms with Gasteiger partial charge in [-0.05, 0) is 51.1 Å². The van der Waals surface area contributed by atoms with Gasteiger partial charge in [0.25, 0.3) is 11.8 Å². The Bertz CT molecular complexity index is 711. The van der Waals surface area contributed by atoms with E-state index >= 15 is 0 Å². The Balaban J connectivity index is 1.99. The van der Waals surface area contributed by atoms with Gasteiger partial charge in [-0.2, -0.15) is 0 Å². The number of aryl methyl sites for hydroxylation is 1. The van der Waals surface area contributed by atoms with Crippen LogP contribution >= 0.6 is 0 Å². The molecule has 1 unspecified atom stereocenters. The highest BCUT2D eigenvalue weighted by molar-refractivity contribution is 5.98. The number of carbonyl (C=O) groups excluding carboxylic acids is 2. The predicted octanol–water partition coefficient (Wildman–Crippen LogP) is 3.15. The van der Waals surface area contributed by atoms with Crippen LogP contribution in [-0.2, 0) is 4.79 Å². The zero-order valence-electron chi connectivity index (χ0n) is 14.1. The number of anilines is 1. The lowest BCUT2D eigenvalue weighted by molar-refractivity contribution is -0.122. The molecular weight excluding hydrogens is 304 g/mol. The number of nitrogens with one attached hydrogen (secondary N) is 2. The molecule has 0 aliphatic heterocycles. The molecule has 0 heterocycles. The molecule has 2 aromatic carbocycles. The van der Waals surface area contributed by atoms with Crippen molar-refractivity contribution in [2.45, 2.75) is 26.9 Å². The molecule has 5 nitrogen and oxygen atoms in total. The standard InChI is InChI=1S/C19H22N2O3/c1-4-20-19(23)15-6-5-7-16(12-15)21-18(22)14(3)24-17-10-8-13(2)9-11-17/h5-12,14H,4H2,1-3H3,(H,20,23)(H,21,22). The van der Waals surface area contributed by atoms with Crippen LogP contribution < -0.4 is 15.4 Å². The molecule has 0 spiro atoms. The number of hydrogen-bond acceptors (Lipinski definition) is 3. The van der Waals surface area contributed by atoms with E-state index in [1.807, 2.05) is 38.1 Å². The normalized spacial score (nSPS) is 11.5. The number of carbonyl (C=O) groups is 2. The van der Waals surface area contributed by atoms with Crippen LogP contribution in [0.4, 0.5) is 5.69 Å². The molecule has 0 saturated carbocycles. The first-order valence-corrected chi connectivity index (χ1v) is 7.92. The molecule has 0 aliphatic carbocycles. The van der Waals surface area contributed by atoms with E-state index in [-0.39, 0.29) is 11.8 Å². The van der Waals surface area contributed by atoms with Crippen LogP contribution in [0.15, 0.2) is 48.5 Å². The van der Waals surface area contributed by atoms with Gasteiger partial charge in [-0.15, -0.1) is 0 Å². The van der Waals surface area contributed by atoms with Crippen molar-refractivity contribution in [2.24, 2.45) is 0 Å². The van der Waals surface area contributed by atoms with Gasteiger partial charge < -0.3 is 15.4 Å². The zero-order valence-corrected chi connectivity index (χ0v) is 14.1. The van der Waals surface area contributed by atoms with E-state index in [0.29, 0.717) is 23.5 Å². The number of benzene rings is 2. The van der Waals surface area contributed by atoms with E-state index < -0.39 is 6.10 Å². The molecule has 2 aromatic rings. The van der Waals surface area contributed by atoms with E-state index in [0.717, 1.165) is 5.56 Å². The predicted molar refractivity (Wildman–Crippen MR) is 94.3 cm³/mol. The summed E-state index contributed by atoms with van der Waals surface area (Å²) in [5.74, 6) is 0.195. The van der Waals surface area contributed by atoms with Crippen molar-refractivity contribution < 1.29 is 14.3 Å². The molecule has 0 radical (unpaired) electrons. The average Bonchev–Trinajstić information content (AvgIpc) is 2.57. The molecule has 0 fully saturated rings. The van der Waals surface area contributed by atoms with Crippen LogP contribution in [0, 0.1) is 6.92 Å². The quantitative estimate of drug-likeness (QED) is 0.857. The number of hydrogen-bond donors (Lipinski definition) is 2. The third kappa shape index (κ3) is 4.84. The summed E-state index contributed by atoms with van der Waals surface area (Å²) in [5.41, 5.74) is 2.19. The molecule has 126 valence electrons. The molecule has 24 heavy (non-hydrogen) atoms. The van der Waals surface area contributed by atoms with E-state index in [4.69, 9.17) is 4.74 Å². The summed E-state index contributed by atoms with van der Waals surface area (Å²) in [6.07, 6.45) is -0.652. The van der Waals surface area contributed by atoms with Crippen molar-refractivity contribution in [1.29, 1.82) is 0 Å². The topological polar surface area (TPSA) is 67.4 Å². The summed E-state index contributed by atoms with van der Waals surface area (Å²) in [6.45, 7) is 6.08. The van der Waals surface area contributed by atoms with Crippen molar-refractivity contribution in [2.75, 3.05) is 11.9 Å². The SMILES string of the molecule is CCNC(=O)c1cccc(NC(=O)C(C)Oc2ccc(C)cc2)c1. The Morgan fingerprint density at radius 2 is 1.83 bits per heavy atom. The van der Waals surface area contributed by atoms with Gasteiger partial charge in [0.15, 0.2) is 6.10 Å². The van der Waals surface area contributed by atoms with Crippen molar-refractivity contribution in [3.05, 3.63) is 59.7 Å². The van der Waals surface area contributed by atoms with Crippen LogP contribution in [0.5, 0.6) is 5.75 Å². The summed E-state index contributed by atoms with van der Waals surface area (Å²) in [5, 5.41) is 5.49. The minimum atomic E-state index is -0.652. The average molecular weight is 326 g/mol. The largest absolute Gasteiger partial charge is 0.481 e. The second-order valence-electron chi connectivity index (χ2n) is 5.50. The maximum atomic E-state index is 12.3. The Labute approximate surface area is 142 Å². The third-order valence-corrected chi connectivity index (χ3v) is 3.43. The van der Waals surface area contributed by atoms with E-state index in [9.17, 15) is 9.59 Å². The van der Waals surface area contributed by atoms with E-state index in [1.165, 1.54) is 0 Å². The maximum Gasteiger partial charge on any atom is 0.265 e. The summed E-state index contributed by atoms with van der Waals surface area (Å²) >= 11 is 0. The zero-order chi connectivity index (χ0) is 17.5. The molecule has 2 N–H and O–H groups in total.